The highest BCUT2D eigenvalue weighted by Crippen LogP contribution is 2.16. The molecular formula is C19H24N2O3S. The number of aryl methyl sites for hydroxylation is 3. The molecule has 0 fully saturated rings. The van der Waals surface area contributed by atoms with Gasteiger partial charge in [-0.1, -0.05) is 23.8 Å². The Balaban J connectivity index is 1.95. The average molecular weight is 360 g/mol. The molecule has 2 aromatic rings. The highest BCUT2D eigenvalue weighted by molar-refractivity contribution is 7.89. The van der Waals surface area contributed by atoms with E-state index in [4.69, 9.17) is 0 Å². The van der Waals surface area contributed by atoms with Crippen molar-refractivity contribution in [3.05, 3.63) is 59.2 Å². The minimum Gasteiger partial charge on any atom is -0.315 e. The first-order chi connectivity index (χ1) is 11.7. The topological polar surface area (TPSA) is 66.5 Å². The van der Waals surface area contributed by atoms with E-state index < -0.39 is 10.0 Å². The first-order valence-corrected chi connectivity index (χ1v) is 9.59. The fraction of sp³-hybridized carbons (Fsp3) is 0.316. The highest BCUT2D eigenvalue weighted by atomic mass is 32.2. The molecule has 5 nitrogen and oxygen atoms in total. The van der Waals surface area contributed by atoms with Gasteiger partial charge in [0, 0.05) is 25.7 Å². The molecule has 2 aromatic carbocycles. The summed E-state index contributed by atoms with van der Waals surface area (Å²) in [6.45, 7) is 5.84. The molecule has 2 rings (SSSR count). The summed E-state index contributed by atoms with van der Waals surface area (Å²) < 4.78 is 27.1. The van der Waals surface area contributed by atoms with Crippen LogP contribution in [0.3, 0.4) is 0 Å². The summed E-state index contributed by atoms with van der Waals surface area (Å²) in [7, 11) is -1.93. The number of amides is 1. The molecule has 1 amide bonds. The van der Waals surface area contributed by atoms with Gasteiger partial charge in [0.05, 0.1) is 4.90 Å². The first-order valence-electron chi connectivity index (χ1n) is 8.11. The van der Waals surface area contributed by atoms with Gasteiger partial charge in [0.2, 0.25) is 15.9 Å². The van der Waals surface area contributed by atoms with E-state index in [9.17, 15) is 13.2 Å². The van der Waals surface area contributed by atoms with Gasteiger partial charge in [0.1, 0.15) is 0 Å². The second kappa shape index (κ2) is 7.80. The summed E-state index contributed by atoms with van der Waals surface area (Å²) in [4.78, 5) is 14.0. The van der Waals surface area contributed by atoms with Gasteiger partial charge in [-0.05, 0) is 56.2 Å². The molecule has 0 aliphatic carbocycles. The van der Waals surface area contributed by atoms with Gasteiger partial charge < -0.3 is 4.90 Å². The molecule has 0 heterocycles. The first kappa shape index (κ1) is 19.1. The molecular weight excluding hydrogens is 336 g/mol. The highest BCUT2D eigenvalue weighted by Gasteiger charge is 2.16. The van der Waals surface area contributed by atoms with Gasteiger partial charge >= 0.3 is 0 Å². The van der Waals surface area contributed by atoms with Crippen LogP contribution in [0.15, 0.2) is 47.4 Å². The van der Waals surface area contributed by atoms with Crippen molar-refractivity contribution in [1.82, 2.24) is 4.72 Å². The van der Waals surface area contributed by atoms with E-state index in [-0.39, 0.29) is 23.8 Å². The van der Waals surface area contributed by atoms with E-state index >= 15 is 0 Å². The number of rotatable bonds is 6. The van der Waals surface area contributed by atoms with E-state index in [2.05, 4.69) is 4.72 Å². The fourth-order valence-electron chi connectivity index (χ4n) is 2.34. The molecule has 6 heteroatoms. The largest absolute Gasteiger partial charge is 0.315 e. The molecule has 0 saturated heterocycles. The lowest BCUT2D eigenvalue weighted by atomic mass is 10.1. The number of nitrogens with zero attached hydrogens (tertiary/aromatic N) is 1. The Morgan fingerprint density at radius 2 is 1.64 bits per heavy atom. The lowest BCUT2D eigenvalue weighted by Gasteiger charge is -2.17. The van der Waals surface area contributed by atoms with Crippen LogP contribution >= 0.6 is 0 Å². The van der Waals surface area contributed by atoms with Crippen LogP contribution in [0.25, 0.3) is 0 Å². The summed E-state index contributed by atoms with van der Waals surface area (Å²) in [5, 5.41) is 0. The predicted octanol–water partition coefficient (Wildman–Crippen LogP) is 2.94. The maximum absolute atomic E-state index is 12.3. The van der Waals surface area contributed by atoms with Gasteiger partial charge in [-0.3, -0.25) is 4.79 Å². The third kappa shape index (κ3) is 4.90. The van der Waals surface area contributed by atoms with Crippen molar-refractivity contribution >= 4 is 21.6 Å². The molecule has 0 spiro atoms. The van der Waals surface area contributed by atoms with Gasteiger partial charge in [0.15, 0.2) is 0 Å². The van der Waals surface area contributed by atoms with E-state index in [0.29, 0.717) is 0 Å². The van der Waals surface area contributed by atoms with Crippen molar-refractivity contribution in [3.8, 4) is 0 Å². The van der Waals surface area contributed by atoms with E-state index in [1.54, 1.807) is 25.2 Å². The molecule has 0 atom stereocenters. The Labute approximate surface area is 149 Å². The number of hydrogen-bond donors (Lipinski definition) is 1. The number of hydrogen-bond acceptors (Lipinski definition) is 3. The van der Waals surface area contributed by atoms with Crippen molar-refractivity contribution in [2.75, 3.05) is 18.5 Å². The van der Waals surface area contributed by atoms with Gasteiger partial charge in [-0.15, -0.1) is 0 Å². The van der Waals surface area contributed by atoms with E-state index in [1.807, 2.05) is 45.0 Å². The van der Waals surface area contributed by atoms with Crippen LogP contribution in [-0.4, -0.2) is 27.9 Å². The number of carbonyl (C=O) groups is 1. The molecule has 0 radical (unpaired) electrons. The molecule has 0 aliphatic rings. The molecule has 1 N–H and O–H groups in total. The van der Waals surface area contributed by atoms with Gasteiger partial charge in [-0.25, -0.2) is 13.1 Å². The van der Waals surface area contributed by atoms with Crippen LogP contribution < -0.4 is 9.62 Å². The molecule has 134 valence electrons. The Hall–Kier alpha value is -2.18. The lowest BCUT2D eigenvalue weighted by molar-refractivity contribution is -0.118. The summed E-state index contributed by atoms with van der Waals surface area (Å²) in [6.07, 6.45) is 0.0917. The molecule has 0 aromatic heterocycles. The molecule has 0 aliphatic heterocycles. The van der Waals surface area contributed by atoms with Crippen LogP contribution in [0.2, 0.25) is 0 Å². The Morgan fingerprint density at radius 3 is 2.24 bits per heavy atom. The number of benzene rings is 2. The minimum atomic E-state index is -3.61. The number of sulfonamides is 1. The van der Waals surface area contributed by atoms with Crippen LogP contribution in [-0.2, 0) is 14.8 Å². The van der Waals surface area contributed by atoms with Crippen LogP contribution in [0.5, 0.6) is 0 Å². The predicted molar refractivity (Wildman–Crippen MR) is 100 cm³/mol. The second-order valence-corrected chi connectivity index (χ2v) is 7.95. The zero-order valence-electron chi connectivity index (χ0n) is 15.0. The minimum absolute atomic E-state index is 0.0598. The summed E-state index contributed by atoms with van der Waals surface area (Å²) in [6, 6.07) is 12.6. The van der Waals surface area contributed by atoms with Crippen molar-refractivity contribution in [2.24, 2.45) is 0 Å². The van der Waals surface area contributed by atoms with E-state index in [0.717, 1.165) is 22.4 Å². The Morgan fingerprint density at radius 1 is 1.00 bits per heavy atom. The summed E-state index contributed by atoms with van der Waals surface area (Å²) in [5.41, 5.74) is 3.85. The monoisotopic (exact) mass is 360 g/mol. The summed E-state index contributed by atoms with van der Waals surface area (Å²) in [5.74, 6) is -0.147. The molecule has 0 saturated carbocycles. The maximum Gasteiger partial charge on any atom is 0.240 e. The lowest BCUT2D eigenvalue weighted by Crippen LogP contribution is -2.32. The zero-order chi connectivity index (χ0) is 18.6. The van der Waals surface area contributed by atoms with Crippen molar-refractivity contribution in [1.29, 1.82) is 0 Å². The second-order valence-electron chi connectivity index (χ2n) is 6.18. The van der Waals surface area contributed by atoms with Gasteiger partial charge in [-0.2, -0.15) is 0 Å². The fourth-order valence-corrected chi connectivity index (χ4v) is 3.45. The van der Waals surface area contributed by atoms with Crippen molar-refractivity contribution in [2.45, 2.75) is 32.1 Å². The maximum atomic E-state index is 12.3. The van der Waals surface area contributed by atoms with Crippen LogP contribution in [0.4, 0.5) is 5.69 Å². The van der Waals surface area contributed by atoms with Gasteiger partial charge in [0.25, 0.3) is 0 Å². The van der Waals surface area contributed by atoms with Crippen molar-refractivity contribution in [3.63, 3.8) is 0 Å². The smallest absolute Gasteiger partial charge is 0.240 e. The molecule has 0 bridgehead atoms. The number of anilines is 1. The van der Waals surface area contributed by atoms with Crippen LogP contribution in [0.1, 0.15) is 23.1 Å². The molecule has 25 heavy (non-hydrogen) atoms. The number of carbonyl (C=O) groups excluding carboxylic acids is 1. The number of nitrogens with one attached hydrogen (secondary N) is 1. The van der Waals surface area contributed by atoms with E-state index in [1.165, 1.54) is 4.90 Å². The normalized spacial score (nSPS) is 11.4. The van der Waals surface area contributed by atoms with Crippen LogP contribution in [0, 0.1) is 20.8 Å². The quantitative estimate of drug-likeness (QED) is 0.861. The Bertz CT molecular complexity index is 859. The molecule has 0 unspecified atom stereocenters. The zero-order valence-corrected chi connectivity index (χ0v) is 15.9. The SMILES string of the molecule is Cc1ccc(N(C)C(=O)CCNS(=O)(=O)c2ccc(C)c(C)c2)cc1. The van der Waals surface area contributed by atoms with Crippen molar-refractivity contribution < 1.29 is 13.2 Å². The third-order valence-electron chi connectivity index (χ3n) is 4.21. The third-order valence-corrected chi connectivity index (χ3v) is 5.67. The average Bonchev–Trinajstić information content (AvgIpc) is 2.57. The Kier molecular flexibility index (Phi) is 5.98. The standard InChI is InChI=1S/C19H24N2O3S/c1-14-5-8-17(9-6-14)21(4)19(22)11-12-20-25(23,24)18-10-7-15(2)16(3)13-18/h5-10,13,20H,11-12H2,1-4H3. The summed E-state index contributed by atoms with van der Waals surface area (Å²) >= 11 is 0.